The van der Waals surface area contributed by atoms with E-state index < -0.39 is 23.8 Å². The van der Waals surface area contributed by atoms with Gasteiger partial charge >= 0.3 is 0 Å². The van der Waals surface area contributed by atoms with Crippen molar-refractivity contribution in [2.75, 3.05) is 0 Å². The molecule has 0 radical (unpaired) electrons. The SMILES string of the molecule is O=C(NN1C(=O)CCC1=O)C(O)c1ccccc1. The molecule has 1 fully saturated rings. The summed E-state index contributed by atoms with van der Waals surface area (Å²) in [6.07, 6.45) is -1.24. The Bertz CT molecular complexity index is 470. The largest absolute Gasteiger partial charge is 0.378 e. The molecule has 0 saturated carbocycles. The van der Waals surface area contributed by atoms with Crippen molar-refractivity contribution >= 4 is 17.7 Å². The molecule has 0 bridgehead atoms. The third kappa shape index (κ3) is 2.38. The zero-order valence-electron chi connectivity index (χ0n) is 9.50. The predicted octanol–water partition coefficient (Wildman–Crippen LogP) is -0.0998. The van der Waals surface area contributed by atoms with Crippen molar-refractivity contribution in [2.45, 2.75) is 18.9 Å². The van der Waals surface area contributed by atoms with E-state index >= 15 is 0 Å². The molecule has 1 aliphatic rings. The third-order valence-corrected chi connectivity index (χ3v) is 2.64. The van der Waals surface area contributed by atoms with Crippen LogP contribution in [0.3, 0.4) is 0 Å². The number of hydrazine groups is 1. The Balaban J connectivity index is 2.04. The topological polar surface area (TPSA) is 86.7 Å². The van der Waals surface area contributed by atoms with E-state index in [0.717, 1.165) is 0 Å². The summed E-state index contributed by atoms with van der Waals surface area (Å²) < 4.78 is 0. The lowest BCUT2D eigenvalue weighted by Gasteiger charge is -2.17. The fraction of sp³-hybridized carbons (Fsp3) is 0.250. The Labute approximate surface area is 103 Å². The summed E-state index contributed by atoms with van der Waals surface area (Å²) in [6, 6.07) is 8.27. The Hall–Kier alpha value is -2.21. The summed E-state index contributed by atoms with van der Waals surface area (Å²) >= 11 is 0. The molecule has 3 amide bonds. The van der Waals surface area contributed by atoms with Crippen LogP contribution in [0.15, 0.2) is 30.3 Å². The molecule has 0 aromatic heterocycles. The molecule has 0 aliphatic carbocycles. The van der Waals surface area contributed by atoms with Crippen molar-refractivity contribution in [2.24, 2.45) is 0 Å². The second-order valence-corrected chi connectivity index (χ2v) is 3.91. The average Bonchev–Trinajstić information content (AvgIpc) is 2.70. The number of imide groups is 1. The number of aliphatic hydroxyl groups is 1. The lowest BCUT2D eigenvalue weighted by atomic mass is 10.1. The lowest BCUT2D eigenvalue weighted by Crippen LogP contribution is -2.47. The second kappa shape index (κ2) is 4.97. The Morgan fingerprint density at radius 3 is 2.28 bits per heavy atom. The Morgan fingerprint density at radius 1 is 1.17 bits per heavy atom. The van der Waals surface area contributed by atoms with Gasteiger partial charge in [0.25, 0.3) is 5.91 Å². The van der Waals surface area contributed by atoms with Crippen LogP contribution in [-0.4, -0.2) is 27.8 Å². The van der Waals surface area contributed by atoms with Gasteiger partial charge in [0.1, 0.15) is 0 Å². The third-order valence-electron chi connectivity index (χ3n) is 2.64. The van der Waals surface area contributed by atoms with E-state index in [9.17, 15) is 19.5 Å². The predicted molar refractivity (Wildman–Crippen MR) is 60.6 cm³/mol. The molecule has 1 saturated heterocycles. The van der Waals surface area contributed by atoms with Gasteiger partial charge in [0.2, 0.25) is 11.8 Å². The highest BCUT2D eigenvalue weighted by Gasteiger charge is 2.32. The van der Waals surface area contributed by atoms with Crippen LogP contribution in [0.5, 0.6) is 0 Å². The maximum atomic E-state index is 11.7. The lowest BCUT2D eigenvalue weighted by molar-refractivity contribution is -0.150. The molecule has 1 aromatic carbocycles. The van der Waals surface area contributed by atoms with Crippen molar-refractivity contribution in [3.8, 4) is 0 Å². The number of carbonyl (C=O) groups excluding carboxylic acids is 3. The van der Waals surface area contributed by atoms with Crippen LogP contribution < -0.4 is 5.43 Å². The number of hydrogen-bond acceptors (Lipinski definition) is 4. The monoisotopic (exact) mass is 248 g/mol. The molecule has 1 unspecified atom stereocenters. The van der Waals surface area contributed by atoms with Crippen LogP contribution >= 0.6 is 0 Å². The second-order valence-electron chi connectivity index (χ2n) is 3.91. The molecular weight excluding hydrogens is 236 g/mol. The first-order valence-corrected chi connectivity index (χ1v) is 5.49. The van der Waals surface area contributed by atoms with E-state index in [1.807, 2.05) is 0 Å². The van der Waals surface area contributed by atoms with E-state index in [-0.39, 0.29) is 12.8 Å². The van der Waals surface area contributed by atoms with Crippen molar-refractivity contribution < 1.29 is 19.5 Å². The van der Waals surface area contributed by atoms with Crippen LogP contribution in [-0.2, 0) is 14.4 Å². The van der Waals surface area contributed by atoms with Crippen LogP contribution in [0, 0.1) is 0 Å². The quantitative estimate of drug-likeness (QED) is 0.731. The molecule has 1 heterocycles. The van der Waals surface area contributed by atoms with E-state index in [2.05, 4.69) is 5.43 Å². The van der Waals surface area contributed by atoms with E-state index in [1.165, 1.54) is 0 Å². The summed E-state index contributed by atoms with van der Waals surface area (Å²) in [4.78, 5) is 34.3. The first-order chi connectivity index (χ1) is 8.59. The van der Waals surface area contributed by atoms with Gasteiger partial charge in [-0.3, -0.25) is 19.8 Å². The van der Waals surface area contributed by atoms with Gasteiger partial charge in [0, 0.05) is 12.8 Å². The van der Waals surface area contributed by atoms with Gasteiger partial charge in [-0.25, -0.2) is 0 Å². The minimum atomic E-state index is -1.41. The number of aliphatic hydroxyl groups excluding tert-OH is 1. The van der Waals surface area contributed by atoms with E-state index in [4.69, 9.17) is 0 Å². The smallest absolute Gasteiger partial charge is 0.272 e. The molecule has 1 aliphatic heterocycles. The molecule has 6 heteroatoms. The molecule has 0 spiro atoms. The van der Waals surface area contributed by atoms with Crippen molar-refractivity contribution in [1.29, 1.82) is 0 Å². The van der Waals surface area contributed by atoms with Crippen molar-refractivity contribution in [3.63, 3.8) is 0 Å². The van der Waals surface area contributed by atoms with Gasteiger partial charge in [-0.05, 0) is 5.56 Å². The van der Waals surface area contributed by atoms with Gasteiger partial charge < -0.3 is 5.11 Å². The van der Waals surface area contributed by atoms with Crippen LogP contribution in [0.4, 0.5) is 0 Å². The maximum absolute atomic E-state index is 11.7. The maximum Gasteiger partial charge on any atom is 0.272 e. The number of benzene rings is 1. The zero-order valence-corrected chi connectivity index (χ0v) is 9.50. The molecule has 18 heavy (non-hydrogen) atoms. The summed E-state index contributed by atoms with van der Waals surface area (Å²) in [5.74, 6) is -1.73. The molecule has 2 N–H and O–H groups in total. The molecule has 1 atom stereocenters. The number of hydrogen-bond donors (Lipinski definition) is 2. The molecular formula is C12H12N2O4. The van der Waals surface area contributed by atoms with E-state index in [0.29, 0.717) is 10.6 Å². The summed E-state index contributed by atoms with van der Waals surface area (Å²) in [7, 11) is 0. The standard InChI is InChI=1S/C12H12N2O4/c15-9-6-7-10(16)14(9)13-12(18)11(17)8-4-2-1-3-5-8/h1-5,11,17H,6-7H2,(H,13,18). The first-order valence-electron chi connectivity index (χ1n) is 5.49. The highest BCUT2D eigenvalue weighted by Crippen LogP contribution is 2.14. The Morgan fingerprint density at radius 2 is 1.72 bits per heavy atom. The van der Waals surface area contributed by atoms with Crippen LogP contribution in [0.1, 0.15) is 24.5 Å². The van der Waals surface area contributed by atoms with E-state index in [1.54, 1.807) is 30.3 Å². The number of rotatable bonds is 3. The van der Waals surface area contributed by atoms with Crippen LogP contribution in [0.25, 0.3) is 0 Å². The van der Waals surface area contributed by atoms with Gasteiger partial charge in [-0.15, -0.1) is 0 Å². The number of nitrogens with one attached hydrogen (secondary N) is 1. The summed E-state index contributed by atoms with van der Waals surface area (Å²) in [6.45, 7) is 0. The van der Waals surface area contributed by atoms with Gasteiger partial charge in [0.05, 0.1) is 0 Å². The minimum absolute atomic E-state index is 0.0839. The minimum Gasteiger partial charge on any atom is -0.378 e. The average molecular weight is 248 g/mol. The summed E-state index contributed by atoms with van der Waals surface area (Å²) in [5, 5.41) is 10.4. The highest BCUT2D eigenvalue weighted by molar-refractivity contribution is 6.03. The fourth-order valence-corrected chi connectivity index (χ4v) is 1.66. The molecule has 94 valence electrons. The van der Waals surface area contributed by atoms with Crippen molar-refractivity contribution in [3.05, 3.63) is 35.9 Å². The van der Waals surface area contributed by atoms with Crippen molar-refractivity contribution in [1.82, 2.24) is 10.4 Å². The first kappa shape index (κ1) is 12.3. The van der Waals surface area contributed by atoms with Gasteiger partial charge in [0.15, 0.2) is 6.10 Å². The normalized spacial score (nSPS) is 16.8. The van der Waals surface area contributed by atoms with Crippen LogP contribution in [0.2, 0.25) is 0 Å². The fourth-order valence-electron chi connectivity index (χ4n) is 1.66. The highest BCUT2D eigenvalue weighted by atomic mass is 16.3. The summed E-state index contributed by atoms with van der Waals surface area (Å²) in [5.41, 5.74) is 2.52. The van der Waals surface area contributed by atoms with Gasteiger partial charge in [-0.1, -0.05) is 30.3 Å². The zero-order chi connectivity index (χ0) is 13.1. The molecule has 6 nitrogen and oxygen atoms in total. The number of amides is 3. The Kier molecular flexibility index (Phi) is 3.38. The van der Waals surface area contributed by atoms with Gasteiger partial charge in [-0.2, -0.15) is 5.01 Å². The number of nitrogens with zero attached hydrogens (tertiary/aromatic N) is 1. The molecule has 2 rings (SSSR count). The molecule has 1 aromatic rings. The number of carbonyl (C=O) groups is 3.